The third-order valence-electron chi connectivity index (χ3n) is 4.08. The van der Waals surface area contributed by atoms with Crippen molar-refractivity contribution in [2.45, 2.75) is 40.0 Å². The summed E-state index contributed by atoms with van der Waals surface area (Å²) in [4.78, 5) is 2.72. The molecule has 2 heterocycles. The Kier molecular flexibility index (Phi) is 4.34. The molecule has 0 spiro atoms. The molecular formula is C14H22N4S. The number of anilines is 1. The van der Waals surface area contributed by atoms with E-state index in [1.807, 2.05) is 13.8 Å². The highest BCUT2D eigenvalue weighted by Gasteiger charge is 2.24. The van der Waals surface area contributed by atoms with E-state index in [2.05, 4.69) is 22.0 Å². The van der Waals surface area contributed by atoms with Crippen LogP contribution in [0, 0.1) is 19.8 Å². The van der Waals surface area contributed by atoms with E-state index >= 15 is 0 Å². The fraction of sp³-hybridized carbons (Fsp3) is 0.643. The van der Waals surface area contributed by atoms with E-state index in [-0.39, 0.29) is 0 Å². The van der Waals surface area contributed by atoms with Crippen molar-refractivity contribution in [1.29, 1.82) is 0 Å². The first-order chi connectivity index (χ1) is 9.04. The van der Waals surface area contributed by atoms with E-state index in [1.54, 1.807) is 0 Å². The predicted molar refractivity (Wildman–Crippen MR) is 82.6 cm³/mol. The summed E-state index contributed by atoms with van der Waals surface area (Å²) in [5.74, 6) is 1.60. The maximum Gasteiger partial charge on any atom is 0.161 e. The van der Waals surface area contributed by atoms with Gasteiger partial charge >= 0.3 is 0 Å². The number of nitrogens with two attached hydrogens (primary N) is 1. The van der Waals surface area contributed by atoms with E-state index in [1.165, 1.54) is 19.3 Å². The molecule has 0 aromatic carbocycles. The number of rotatable bonds is 3. The smallest absolute Gasteiger partial charge is 0.161 e. The van der Waals surface area contributed by atoms with Gasteiger partial charge in [0.1, 0.15) is 4.99 Å². The average Bonchev–Trinajstić information content (AvgIpc) is 2.41. The van der Waals surface area contributed by atoms with Crippen LogP contribution in [0.25, 0.3) is 0 Å². The van der Waals surface area contributed by atoms with E-state index < -0.39 is 0 Å². The highest BCUT2D eigenvalue weighted by molar-refractivity contribution is 7.80. The summed E-state index contributed by atoms with van der Waals surface area (Å²) < 4.78 is 0. The summed E-state index contributed by atoms with van der Waals surface area (Å²) in [7, 11) is 0. The number of aryl methyl sites for hydroxylation is 1. The molecular weight excluding hydrogens is 256 g/mol. The van der Waals surface area contributed by atoms with Gasteiger partial charge < -0.3 is 10.6 Å². The largest absolute Gasteiger partial charge is 0.389 e. The van der Waals surface area contributed by atoms with Gasteiger partial charge in [-0.1, -0.05) is 25.6 Å². The van der Waals surface area contributed by atoms with Crippen molar-refractivity contribution in [3.8, 4) is 0 Å². The minimum Gasteiger partial charge on any atom is -0.389 e. The summed E-state index contributed by atoms with van der Waals surface area (Å²) >= 11 is 5.21. The Bertz CT molecular complexity index is 487. The van der Waals surface area contributed by atoms with Crippen LogP contribution < -0.4 is 10.6 Å². The lowest BCUT2D eigenvalue weighted by Gasteiger charge is -2.34. The third kappa shape index (κ3) is 2.86. The first-order valence-corrected chi connectivity index (χ1v) is 7.34. The second kappa shape index (κ2) is 5.82. The summed E-state index contributed by atoms with van der Waals surface area (Å²) in [5, 5.41) is 8.60. The lowest BCUT2D eigenvalue weighted by Crippen LogP contribution is -2.37. The van der Waals surface area contributed by atoms with E-state index in [0.29, 0.717) is 4.99 Å². The Balaban J connectivity index is 2.39. The Morgan fingerprint density at radius 3 is 2.79 bits per heavy atom. The molecule has 5 heteroatoms. The van der Waals surface area contributed by atoms with Crippen molar-refractivity contribution in [1.82, 2.24) is 10.2 Å². The zero-order valence-corrected chi connectivity index (χ0v) is 12.8. The minimum atomic E-state index is 0.420. The molecule has 4 nitrogen and oxygen atoms in total. The molecule has 0 bridgehead atoms. The van der Waals surface area contributed by atoms with Gasteiger partial charge in [0, 0.05) is 13.1 Å². The van der Waals surface area contributed by atoms with Gasteiger partial charge in [0.15, 0.2) is 5.82 Å². The summed E-state index contributed by atoms with van der Waals surface area (Å²) in [6, 6.07) is 0. The van der Waals surface area contributed by atoms with Crippen LogP contribution in [0.1, 0.15) is 43.0 Å². The van der Waals surface area contributed by atoms with Gasteiger partial charge in [-0.2, -0.15) is 5.10 Å². The van der Waals surface area contributed by atoms with Crippen LogP contribution in [-0.2, 0) is 0 Å². The van der Waals surface area contributed by atoms with Crippen LogP contribution in [0.15, 0.2) is 0 Å². The lowest BCUT2D eigenvalue weighted by molar-refractivity contribution is 0.402. The van der Waals surface area contributed by atoms with Crippen LogP contribution in [0.2, 0.25) is 0 Å². The first kappa shape index (κ1) is 14.2. The fourth-order valence-electron chi connectivity index (χ4n) is 2.70. The number of piperidine rings is 1. The Morgan fingerprint density at radius 1 is 1.42 bits per heavy atom. The molecule has 2 N–H and O–H groups in total. The topological polar surface area (TPSA) is 55.0 Å². The molecule has 1 saturated heterocycles. The van der Waals surface area contributed by atoms with Crippen LogP contribution in [0.4, 0.5) is 5.82 Å². The standard InChI is InChI=1S/C14H22N4S/c1-4-11-6-5-7-18(8-11)14-12(13(15)19)9(2)10(3)16-17-14/h11H,4-8H2,1-3H3,(H2,15,19). The molecule has 1 aliphatic rings. The highest BCUT2D eigenvalue weighted by atomic mass is 32.1. The molecule has 19 heavy (non-hydrogen) atoms. The third-order valence-corrected chi connectivity index (χ3v) is 4.28. The van der Waals surface area contributed by atoms with Crippen LogP contribution in [0.3, 0.4) is 0 Å². The van der Waals surface area contributed by atoms with Crippen molar-refractivity contribution in [2.24, 2.45) is 11.7 Å². The molecule has 0 saturated carbocycles. The molecule has 104 valence electrons. The summed E-state index contributed by atoms with van der Waals surface area (Å²) in [5.41, 5.74) is 8.75. The Hall–Kier alpha value is -1.23. The van der Waals surface area contributed by atoms with Crippen molar-refractivity contribution < 1.29 is 0 Å². The highest BCUT2D eigenvalue weighted by Crippen LogP contribution is 2.27. The van der Waals surface area contributed by atoms with Crippen molar-refractivity contribution in [3.63, 3.8) is 0 Å². The normalized spacial score (nSPS) is 19.5. The van der Waals surface area contributed by atoms with Gasteiger partial charge in [-0.3, -0.25) is 0 Å². The predicted octanol–water partition coefficient (Wildman–Crippen LogP) is 2.35. The maximum absolute atomic E-state index is 5.90. The molecule has 0 aliphatic carbocycles. The molecule has 1 aliphatic heterocycles. The van der Waals surface area contributed by atoms with Crippen LogP contribution >= 0.6 is 12.2 Å². The number of aromatic nitrogens is 2. The zero-order valence-electron chi connectivity index (χ0n) is 11.9. The van der Waals surface area contributed by atoms with Gasteiger partial charge in [-0.05, 0) is 38.2 Å². The Morgan fingerprint density at radius 2 is 2.16 bits per heavy atom. The lowest BCUT2D eigenvalue weighted by atomic mass is 9.95. The molecule has 0 radical (unpaired) electrons. The van der Waals surface area contributed by atoms with Gasteiger partial charge in [0.05, 0.1) is 11.3 Å². The molecule has 1 aromatic rings. The molecule has 2 rings (SSSR count). The number of hydrogen-bond acceptors (Lipinski definition) is 4. The first-order valence-electron chi connectivity index (χ1n) is 6.93. The number of hydrogen-bond donors (Lipinski definition) is 1. The second-order valence-electron chi connectivity index (χ2n) is 5.34. The summed E-state index contributed by atoms with van der Waals surface area (Å²) in [6.07, 6.45) is 3.70. The SMILES string of the molecule is CCC1CCCN(c2nnc(C)c(C)c2C(N)=S)C1. The Labute approximate surface area is 120 Å². The second-order valence-corrected chi connectivity index (χ2v) is 5.78. The van der Waals surface area contributed by atoms with E-state index in [9.17, 15) is 0 Å². The number of thiocarbonyl (C=S) groups is 1. The van der Waals surface area contributed by atoms with Crippen molar-refractivity contribution >= 4 is 23.0 Å². The quantitative estimate of drug-likeness (QED) is 0.860. The molecule has 1 aromatic heterocycles. The summed E-state index contributed by atoms with van der Waals surface area (Å²) in [6.45, 7) is 8.25. The van der Waals surface area contributed by atoms with Gasteiger partial charge in [-0.25, -0.2) is 0 Å². The van der Waals surface area contributed by atoms with Gasteiger partial charge in [0.25, 0.3) is 0 Å². The van der Waals surface area contributed by atoms with Crippen molar-refractivity contribution in [2.75, 3.05) is 18.0 Å². The van der Waals surface area contributed by atoms with Crippen LogP contribution in [0.5, 0.6) is 0 Å². The minimum absolute atomic E-state index is 0.420. The molecule has 1 fully saturated rings. The average molecular weight is 278 g/mol. The van der Waals surface area contributed by atoms with Crippen molar-refractivity contribution in [3.05, 3.63) is 16.8 Å². The van der Waals surface area contributed by atoms with E-state index in [0.717, 1.165) is 41.6 Å². The zero-order chi connectivity index (χ0) is 14.0. The molecule has 0 amide bonds. The van der Waals surface area contributed by atoms with E-state index in [4.69, 9.17) is 18.0 Å². The molecule has 1 unspecified atom stereocenters. The maximum atomic E-state index is 5.90. The molecule has 1 atom stereocenters. The van der Waals surface area contributed by atoms with Gasteiger partial charge in [0.2, 0.25) is 0 Å². The monoisotopic (exact) mass is 278 g/mol. The van der Waals surface area contributed by atoms with Gasteiger partial charge in [-0.15, -0.1) is 5.10 Å². The fourth-order valence-corrected chi connectivity index (χ4v) is 2.95. The van der Waals surface area contributed by atoms with Crippen LogP contribution in [-0.4, -0.2) is 28.3 Å². The number of nitrogens with zero attached hydrogens (tertiary/aromatic N) is 3.